The average Bonchev–Trinajstić information content (AvgIpc) is 2.82. The van der Waals surface area contributed by atoms with Crippen LogP contribution in [0.1, 0.15) is 11.9 Å². The van der Waals surface area contributed by atoms with Crippen LogP contribution in [0.3, 0.4) is 0 Å². The Morgan fingerprint density at radius 1 is 1.56 bits per heavy atom. The lowest BCUT2D eigenvalue weighted by Gasteiger charge is -2.03. The molecule has 5 nitrogen and oxygen atoms in total. The highest BCUT2D eigenvalue weighted by atomic mass is 79.9. The molecule has 2 N–H and O–H groups in total. The first-order valence-electron chi connectivity index (χ1n) is 5.16. The van der Waals surface area contributed by atoms with Crippen molar-refractivity contribution in [2.75, 3.05) is 13.7 Å². The molecule has 1 heterocycles. The number of hydrogen-bond acceptors (Lipinski definition) is 5. The molecule has 2 rings (SSSR count). The number of halogens is 2. The predicted molar refractivity (Wildman–Crippen MR) is 71.2 cm³/mol. The van der Waals surface area contributed by atoms with E-state index >= 15 is 0 Å². The van der Waals surface area contributed by atoms with Crippen LogP contribution >= 0.6 is 27.5 Å². The topological polar surface area (TPSA) is 74.2 Å². The van der Waals surface area contributed by atoms with Crippen LogP contribution in [0.2, 0.25) is 5.02 Å². The molecule has 0 aliphatic heterocycles. The monoisotopic (exact) mass is 331 g/mol. The number of rotatable bonds is 4. The lowest BCUT2D eigenvalue weighted by molar-refractivity contribution is 0.177. The van der Waals surface area contributed by atoms with Gasteiger partial charge in [0.1, 0.15) is 0 Å². The number of nitrogens with two attached hydrogens (primary N) is 1. The van der Waals surface area contributed by atoms with Gasteiger partial charge in [0.25, 0.3) is 5.89 Å². The summed E-state index contributed by atoms with van der Waals surface area (Å²) in [5, 5.41) is 4.34. The zero-order valence-electron chi connectivity index (χ0n) is 9.56. The second-order valence-corrected chi connectivity index (χ2v) is 4.85. The Balaban J connectivity index is 2.32. The highest BCUT2D eigenvalue weighted by Gasteiger charge is 2.17. The molecule has 18 heavy (non-hydrogen) atoms. The lowest BCUT2D eigenvalue weighted by atomic mass is 10.2. The van der Waals surface area contributed by atoms with Crippen molar-refractivity contribution < 1.29 is 9.26 Å². The van der Waals surface area contributed by atoms with Gasteiger partial charge in [0, 0.05) is 11.6 Å². The zero-order chi connectivity index (χ0) is 13.1. The quantitative estimate of drug-likeness (QED) is 0.932. The van der Waals surface area contributed by atoms with E-state index < -0.39 is 6.04 Å². The van der Waals surface area contributed by atoms with Gasteiger partial charge in [-0.3, -0.25) is 0 Å². The predicted octanol–water partition coefficient (Wildman–Crippen LogP) is 2.80. The molecule has 0 aliphatic carbocycles. The molecule has 0 spiro atoms. The Labute approximate surface area is 117 Å². The van der Waals surface area contributed by atoms with Crippen LogP contribution in [0.5, 0.6) is 0 Å². The van der Waals surface area contributed by atoms with Crippen molar-refractivity contribution in [1.29, 1.82) is 0 Å². The number of benzene rings is 1. The molecule has 0 saturated heterocycles. The number of nitrogens with zero attached hydrogens (tertiary/aromatic N) is 2. The molecule has 1 aromatic carbocycles. The van der Waals surface area contributed by atoms with Crippen LogP contribution in [0.25, 0.3) is 11.5 Å². The first kappa shape index (κ1) is 13.5. The second-order valence-electron chi connectivity index (χ2n) is 3.62. The third-order valence-electron chi connectivity index (χ3n) is 2.30. The van der Waals surface area contributed by atoms with Crippen molar-refractivity contribution in [3.8, 4) is 11.5 Å². The smallest absolute Gasteiger partial charge is 0.259 e. The van der Waals surface area contributed by atoms with E-state index in [-0.39, 0.29) is 0 Å². The van der Waals surface area contributed by atoms with Gasteiger partial charge in [0.15, 0.2) is 5.82 Å². The highest BCUT2D eigenvalue weighted by Crippen LogP contribution is 2.32. The number of hydrogen-bond donors (Lipinski definition) is 1. The number of aromatic nitrogens is 2. The van der Waals surface area contributed by atoms with Gasteiger partial charge in [-0.1, -0.05) is 22.8 Å². The van der Waals surface area contributed by atoms with Crippen molar-refractivity contribution in [2.24, 2.45) is 5.73 Å². The minimum Gasteiger partial charge on any atom is -0.383 e. The lowest BCUT2D eigenvalue weighted by Crippen LogP contribution is -2.17. The Morgan fingerprint density at radius 3 is 3.06 bits per heavy atom. The maximum Gasteiger partial charge on any atom is 0.259 e. The summed E-state index contributed by atoms with van der Waals surface area (Å²) in [6.45, 7) is 0.325. The van der Waals surface area contributed by atoms with Gasteiger partial charge in [-0.2, -0.15) is 4.98 Å². The molecule has 96 valence electrons. The molecule has 1 unspecified atom stereocenters. The van der Waals surface area contributed by atoms with Gasteiger partial charge in [-0.05, 0) is 28.1 Å². The maximum absolute atomic E-state index is 6.15. The third-order valence-corrected chi connectivity index (χ3v) is 3.60. The summed E-state index contributed by atoms with van der Waals surface area (Å²) in [5.41, 5.74) is 6.47. The molecule has 1 atom stereocenters. The Bertz CT molecular complexity index is 547. The van der Waals surface area contributed by atoms with Crippen molar-refractivity contribution >= 4 is 27.5 Å². The van der Waals surface area contributed by atoms with Crippen LogP contribution in [0.4, 0.5) is 0 Å². The molecule has 7 heteroatoms. The van der Waals surface area contributed by atoms with Gasteiger partial charge in [0.2, 0.25) is 0 Å². The van der Waals surface area contributed by atoms with E-state index in [2.05, 4.69) is 26.1 Å². The maximum atomic E-state index is 6.15. The van der Waals surface area contributed by atoms with E-state index in [0.29, 0.717) is 28.9 Å². The standard InChI is InChI=1S/C11H11BrClN3O2/c1-17-5-8(14)10-15-11(18-16-10)6-3-2-4-7(12)9(6)13/h2-4,8H,5,14H2,1H3. The van der Waals surface area contributed by atoms with Crippen molar-refractivity contribution in [3.05, 3.63) is 33.5 Å². The first-order valence-corrected chi connectivity index (χ1v) is 6.33. The van der Waals surface area contributed by atoms with Gasteiger partial charge in [0.05, 0.1) is 23.2 Å². The molecular formula is C11H11BrClN3O2. The van der Waals surface area contributed by atoms with E-state index in [1.165, 1.54) is 0 Å². The van der Waals surface area contributed by atoms with Gasteiger partial charge < -0.3 is 15.0 Å². The molecular weight excluding hydrogens is 321 g/mol. The highest BCUT2D eigenvalue weighted by molar-refractivity contribution is 9.10. The normalized spacial score (nSPS) is 12.7. The number of methoxy groups -OCH3 is 1. The largest absolute Gasteiger partial charge is 0.383 e. The summed E-state index contributed by atoms with van der Waals surface area (Å²) < 4.78 is 10.9. The Hall–Kier alpha value is -0.950. The zero-order valence-corrected chi connectivity index (χ0v) is 11.9. The molecule has 0 saturated carbocycles. The number of ether oxygens (including phenoxy) is 1. The molecule has 0 aliphatic rings. The van der Waals surface area contributed by atoms with Crippen LogP contribution in [0.15, 0.2) is 27.2 Å². The second kappa shape index (κ2) is 5.79. The van der Waals surface area contributed by atoms with E-state index in [1.807, 2.05) is 12.1 Å². The molecule has 0 fully saturated rings. The van der Waals surface area contributed by atoms with E-state index in [0.717, 1.165) is 4.47 Å². The Morgan fingerprint density at radius 2 is 2.33 bits per heavy atom. The summed E-state index contributed by atoms with van der Waals surface area (Å²) in [5.74, 6) is 0.728. The SMILES string of the molecule is COCC(N)c1noc(-c2cccc(Br)c2Cl)n1. The summed E-state index contributed by atoms with van der Waals surface area (Å²) in [4.78, 5) is 4.21. The summed E-state index contributed by atoms with van der Waals surface area (Å²) in [6, 6.07) is 5.05. The molecule has 1 aromatic heterocycles. The summed E-state index contributed by atoms with van der Waals surface area (Å²) in [7, 11) is 1.56. The fraction of sp³-hybridized carbons (Fsp3) is 0.273. The van der Waals surface area contributed by atoms with Crippen LogP contribution in [-0.2, 0) is 4.74 Å². The third kappa shape index (κ3) is 2.72. The molecule has 0 amide bonds. The van der Waals surface area contributed by atoms with Gasteiger partial charge >= 0.3 is 0 Å². The summed E-state index contributed by atoms with van der Waals surface area (Å²) in [6.07, 6.45) is 0. The molecule has 2 aromatic rings. The summed E-state index contributed by atoms with van der Waals surface area (Å²) >= 11 is 9.48. The fourth-order valence-electron chi connectivity index (χ4n) is 1.42. The minimum absolute atomic E-state index is 0.325. The van der Waals surface area contributed by atoms with E-state index in [1.54, 1.807) is 13.2 Å². The first-order chi connectivity index (χ1) is 8.63. The van der Waals surface area contributed by atoms with Crippen LogP contribution in [0, 0.1) is 0 Å². The fourth-order valence-corrected chi connectivity index (χ4v) is 1.99. The van der Waals surface area contributed by atoms with Crippen molar-refractivity contribution in [1.82, 2.24) is 10.1 Å². The van der Waals surface area contributed by atoms with Crippen molar-refractivity contribution in [3.63, 3.8) is 0 Å². The van der Waals surface area contributed by atoms with E-state index in [4.69, 9.17) is 26.6 Å². The van der Waals surface area contributed by atoms with Gasteiger partial charge in [-0.15, -0.1) is 0 Å². The van der Waals surface area contributed by atoms with Crippen LogP contribution in [-0.4, -0.2) is 23.9 Å². The van der Waals surface area contributed by atoms with Crippen molar-refractivity contribution in [2.45, 2.75) is 6.04 Å². The Kier molecular flexibility index (Phi) is 4.34. The van der Waals surface area contributed by atoms with Crippen LogP contribution < -0.4 is 5.73 Å². The average molecular weight is 333 g/mol. The minimum atomic E-state index is -0.418. The molecule has 0 bridgehead atoms. The molecule has 0 radical (unpaired) electrons. The van der Waals surface area contributed by atoms with E-state index in [9.17, 15) is 0 Å². The van der Waals surface area contributed by atoms with Gasteiger partial charge in [-0.25, -0.2) is 0 Å².